The molecule has 0 aromatic carbocycles. The lowest BCUT2D eigenvalue weighted by molar-refractivity contribution is 0.0183. The lowest BCUT2D eigenvalue weighted by atomic mass is 9.92. The van der Waals surface area contributed by atoms with Gasteiger partial charge >= 0.3 is 0 Å². The predicted molar refractivity (Wildman–Crippen MR) is 67.5 cm³/mol. The molecule has 0 amide bonds. The Labute approximate surface area is 99.8 Å². The molecule has 94 valence electrons. The minimum Gasteiger partial charge on any atom is -0.389 e. The molecule has 2 nitrogen and oxygen atoms in total. The molecule has 0 aliphatic heterocycles. The van der Waals surface area contributed by atoms with Crippen LogP contribution in [0.1, 0.15) is 71.1 Å². The third kappa shape index (κ3) is 3.21. The normalized spacial score (nSPS) is 28.9. The van der Waals surface area contributed by atoms with Crippen LogP contribution in [0.25, 0.3) is 0 Å². The quantitative estimate of drug-likeness (QED) is 0.724. The number of hydrogen-bond acceptors (Lipinski definition) is 2. The molecule has 2 saturated carbocycles. The fourth-order valence-corrected chi connectivity index (χ4v) is 3.27. The largest absolute Gasteiger partial charge is 0.389 e. The van der Waals surface area contributed by atoms with E-state index in [0.29, 0.717) is 5.54 Å². The zero-order valence-electron chi connectivity index (χ0n) is 10.7. The molecular formula is C14H27NO. The van der Waals surface area contributed by atoms with Crippen molar-refractivity contribution in [2.45, 2.75) is 82.3 Å². The molecule has 2 fully saturated rings. The van der Waals surface area contributed by atoms with Crippen molar-refractivity contribution in [1.82, 2.24) is 5.32 Å². The fourth-order valence-electron chi connectivity index (χ4n) is 3.27. The summed E-state index contributed by atoms with van der Waals surface area (Å²) in [4.78, 5) is 0. The van der Waals surface area contributed by atoms with E-state index in [0.717, 1.165) is 19.4 Å². The Bertz CT molecular complexity index is 213. The van der Waals surface area contributed by atoms with Crippen molar-refractivity contribution in [3.63, 3.8) is 0 Å². The second kappa shape index (κ2) is 5.05. The fraction of sp³-hybridized carbons (Fsp3) is 1.00. The zero-order chi connectivity index (χ0) is 11.5. The van der Waals surface area contributed by atoms with E-state index in [2.05, 4.69) is 12.2 Å². The van der Waals surface area contributed by atoms with Gasteiger partial charge in [0, 0.05) is 12.1 Å². The Morgan fingerprint density at radius 1 is 0.875 bits per heavy atom. The Morgan fingerprint density at radius 2 is 1.38 bits per heavy atom. The zero-order valence-corrected chi connectivity index (χ0v) is 10.7. The van der Waals surface area contributed by atoms with Crippen molar-refractivity contribution in [3.05, 3.63) is 0 Å². The average Bonchev–Trinajstić information content (AvgIpc) is 2.57. The maximum atomic E-state index is 10.6. The van der Waals surface area contributed by atoms with Crippen molar-refractivity contribution in [2.75, 3.05) is 6.54 Å². The van der Waals surface area contributed by atoms with Gasteiger partial charge in [0.05, 0.1) is 5.60 Å². The summed E-state index contributed by atoms with van der Waals surface area (Å²) >= 11 is 0. The van der Waals surface area contributed by atoms with Gasteiger partial charge in [-0.25, -0.2) is 0 Å². The highest BCUT2D eigenvalue weighted by Crippen LogP contribution is 2.31. The van der Waals surface area contributed by atoms with E-state index in [-0.39, 0.29) is 0 Å². The van der Waals surface area contributed by atoms with E-state index >= 15 is 0 Å². The monoisotopic (exact) mass is 225 g/mol. The van der Waals surface area contributed by atoms with Gasteiger partial charge in [-0.15, -0.1) is 0 Å². The number of aliphatic hydroxyl groups is 1. The first-order valence-corrected chi connectivity index (χ1v) is 7.09. The molecule has 0 radical (unpaired) electrons. The SMILES string of the molecule is CC1(NCC2(O)CCCCCC2)CCCC1. The van der Waals surface area contributed by atoms with Crippen molar-refractivity contribution in [3.8, 4) is 0 Å². The number of rotatable bonds is 3. The summed E-state index contributed by atoms with van der Waals surface area (Å²) in [6.07, 6.45) is 12.3. The molecule has 16 heavy (non-hydrogen) atoms. The molecule has 0 aromatic rings. The number of nitrogens with one attached hydrogen (secondary N) is 1. The van der Waals surface area contributed by atoms with Gasteiger partial charge in [0.2, 0.25) is 0 Å². The lowest BCUT2D eigenvalue weighted by Gasteiger charge is -2.33. The Morgan fingerprint density at radius 3 is 1.94 bits per heavy atom. The van der Waals surface area contributed by atoms with Gasteiger partial charge in [-0.3, -0.25) is 0 Å². The first kappa shape index (κ1) is 12.4. The van der Waals surface area contributed by atoms with E-state index in [1.807, 2.05) is 0 Å². The molecule has 0 saturated heterocycles. The van der Waals surface area contributed by atoms with Crippen LogP contribution in [0.5, 0.6) is 0 Å². The van der Waals surface area contributed by atoms with Gasteiger partial charge in [0.15, 0.2) is 0 Å². The van der Waals surface area contributed by atoms with Crippen LogP contribution in [0.15, 0.2) is 0 Å². The molecule has 0 heterocycles. The van der Waals surface area contributed by atoms with Gasteiger partial charge in [-0.05, 0) is 32.6 Å². The maximum Gasteiger partial charge on any atom is 0.0771 e. The highest BCUT2D eigenvalue weighted by atomic mass is 16.3. The van der Waals surface area contributed by atoms with E-state index < -0.39 is 5.60 Å². The van der Waals surface area contributed by atoms with E-state index in [9.17, 15) is 5.11 Å². The molecule has 0 atom stereocenters. The lowest BCUT2D eigenvalue weighted by Crippen LogP contribution is -2.49. The van der Waals surface area contributed by atoms with Crippen LogP contribution >= 0.6 is 0 Å². The van der Waals surface area contributed by atoms with Gasteiger partial charge in [0.25, 0.3) is 0 Å². The Hall–Kier alpha value is -0.0800. The van der Waals surface area contributed by atoms with Gasteiger partial charge in [0.1, 0.15) is 0 Å². The summed E-state index contributed by atoms with van der Waals surface area (Å²) in [5.74, 6) is 0. The van der Waals surface area contributed by atoms with E-state index in [4.69, 9.17) is 0 Å². The second-order valence-corrected chi connectivity index (χ2v) is 6.26. The standard InChI is InChI=1S/C14H27NO/c1-13(8-6-7-9-13)15-12-14(16)10-4-2-3-5-11-14/h15-16H,2-12H2,1H3. The molecule has 2 aliphatic rings. The predicted octanol–water partition coefficient (Wildman–Crippen LogP) is 2.99. The molecule has 0 unspecified atom stereocenters. The summed E-state index contributed by atoms with van der Waals surface area (Å²) in [5, 5.41) is 14.2. The van der Waals surface area contributed by atoms with Crippen LogP contribution < -0.4 is 5.32 Å². The average molecular weight is 225 g/mol. The first-order chi connectivity index (χ1) is 7.62. The van der Waals surface area contributed by atoms with Crippen molar-refractivity contribution >= 4 is 0 Å². The molecule has 2 aliphatic carbocycles. The summed E-state index contributed by atoms with van der Waals surface area (Å²) in [5.41, 5.74) is -0.107. The van der Waals surface area contributed by atoms with Crippen molar-refractivity contribution in [2.24, 2.45) is 0 Å². The van der Waals surface area contributed by atoms with Crippen molar-refractivity contribution in [1.29, 1.82) is 0 Å². The minimum absolute atomic E-state index is 0.308. The van der Waals surface area contributed by atoms with Gasteiger partial charge in [-0.1, -0.05) is 38.5 Å². The van der Waals surface area contributed by atoms with Crippen LogP contribution in [-0.4, -0.2) is 22.8 Å². The van der Waals surface area contributed by atoms with Crippen molar-refractivity contribution < 1.29 is 5.11 Å². The molecule has 0 spiro atoms. The number of hydrogen-bond donors (Lipinski definition) is 2. The van der Waals surface area contributed by atoms with Crippen LogP contribution in [0, 0.1) is 0 Å². The molecule has 0 bridgehead atoms. The van der Waals surface area contributed by atoms with Gasteiger partial charge in [-0.2, -0.15) is 0 Å². The Kier molecular flexibility index (Phi) is 3.91. The van der Waals surface area contributed by atoms with Crippen LogP contribution in [0.3, 0.4) is 0 Å². The van der Waals surface area contributed by atoms with Gasteiger partial charge < -0.3 is 10.4 Å². The van der Waals surface area contributed by atoms with Crippen LogP contribution in [0.4, 0.5) is 0 Å². The van der Waals surface area contributed by atoms with Crippen LogP contribution in [0.2, 0.25) is 0 Å². The summed E-state index contributed by atoms with van der Waals surface area (Å²) in [6.45, 7) is 3.13. The molecule has 0 aromatic heterocycles. The molecular weight excluding hydrogens is 198 g/mol. The van der Waals surface area contributed by atoms with E-state index in [1.165, 1.54) is 51.4 Å². The first-order valence-electron chi connectivity index (χ1n) is 7.09. The Balaban J connectivity index is 1.82. The highest BCUT2D eigenvalue weighted by Gasteiger charge is 2.33. The smallest absolute Gasteiger partial charge is 0.0771 e. The summed E-state index contributed by atoms with van der Waals surface area (Å²) in [6, 6.07) is 0. The third-order valence-electron chi connectivity index (χ3n) is 4.59. The maximum absolute atomic E-state index is 10.6. The molecule has 2 rings (SSSR count). The van der Waals surface area contributed by atoms with Crippen LogP contribution in [-0.2, 0) is 0 Å². The third-order valence-corrected chi connectivity index (χ3v) is 4.59. The second-order valence-electron chi connectivity index (χ2n) is 6.26. The minimum atomic E-state index is -0.415. The highest BCUT2D eigenvalue weighted by molar-refractivity contribution is 4.92. The number of β-amino-alcohol motifs (C(OH)–C–C–N with tert-alkyl or cyclic N) is 1. The van der Waals surface area contributed by atoms with E-state index in [1.54, 1.807) is 0 Å². The topological polar surface area (TPSA) is 32.3 Å². The summed E-state index contributed by atoms with van der Waals surface area (Å²) < 4.78 is 0. The molecule has 2 N–H and O–H groups in total. The molecule has 2 heteroatoms. The summed E-state index contributed by atoms with van der Waals surface area (Å²) in [7, 11) is 0.